The first-order chi connectivity index (χ1) is 9.75. The molecule has 100 valence electrons. The van der Waals surface area contributed by atoms with Crippen molar-refractivity contribution in [3.8, 4) is 0 Å². The summed E-state index contributed by atoms with van der Waals surface area (Å²) in [6.45, 7) is 1.96. The normalized spacial score (nSPS) is 10.5. The molecular formula is C13H11ClN6. The van der Waals surface area contributed by atoms with Crippen LogP contribution in [0.15, 0.2) is 36.9 Å². The third kappa shape index (κ3) is 2.33. The SMILES string of the molecule is Cc1nccc2cn[nH]c12.Clc1nccc2cn[nH]c12. The number of pyridine rings is 2. The lowest BCUT2D eigenvalue weighted by Gasteiger charge is -1.90. The smallest absolute Gasteiger partial charge is 0.154 e. The molecule has 0 aliphatic heterocycles. The Hall–Kier alpha value is -2.47. The summed E-state index contributed by atoms with van der Waals surface area (Å²) >= 11 is 5.72. The quantitative estimate of drug-likeness (QED) is 0.487. The molecule has 0 bridgehead atoms. The topological polar surface area (TPSA) is 83.1 Å². The van der Waals surface area contributed by atoms with Crippen LogP contribution in [0.5, 0.6) is 0 Å². The zero-order chi connectivity index (χ0) is 13.9. The van der Waals surface area contributed by atoms with Crippen LogP contribution in [-0.4, -0.2) is 30.4 Å². The number of nitrogens with one attached hydrogen (secondary N) is 2. The molecule has 0 atom stereocenters. The molecule has 0 fully saturated rings. The number of H-pyrrole nitrogens is 2. The Kier molecular flexibility index (Phi) is 3.30. The zero-order valence-corrected chi connectivity index (χ0v) is 11.4. The number of aryl methyl sites for hydroxylation is 1. The van der Waals surface area contributed by atoms with Crippen LogP contribution in [0.1, 0.15) is 5.69 Å². The van der Waals surface area contributed by atoms with Crippen LogP contribution in [0.25, 0.3) is 21.8 Å². The van der Waals surface area contributed by atoms with Gasteiger partial charge in [-0.2, -0.15) is 10.2 Å². The zero-order valence-electron chi connectivity index (χ0n) is 10.6. The molecule has 4 rings (SSSR count). The number of hydrogen-bond acceptors (Lipinski definition) is 4. The second-order valence-corrected chi connectivity index (χ2v) is 4.52. The van der Waals surface area contributed by atoms with Gasteiger partial charge in [0.2, 0.25) is 0 Å². The van der Waals surface area contributed by atoms with E-state index in [2.05, 4.69) is 30.4 Å². The highest BCUT2D eigenvalue weighted by Crippen LogP contribution is 2.16. The maximum atomic E-state index is 5.72. The van der Waals surface area contributed by atoms with Gasteiger partial charge in [-0.25, -0.2) is 4.98 Å². The molecule has 4 aromatic rings. The van der Waals surface area contributed by atoms with Gasteiger partial charge in [0, 0.05) is 23.2 Å². The number of aromatic amines is 2. The fraction of sp³-hybridized carbons (Fsp3) is 0.0769. The number of rotatable bonds is 0. The summed E-state index contributed by atoms with van der Waals surface area (Å²) in [4.78, 5) is 7.98. The molecular weight excluding hydrogens is 276 g/mol. The van der Waals surface area contributed by atoms with E-state index in [0.29, 0.717) is 5.15 Å². The van der Waals surface area contributed by atoms with Gasteiger partial charge in [-0.1, -0.05) is 11.6 Å². The number of halogens is 1. The lowest BCUT2D eigenvalue weighted by atomic mass is 10.3. The van der Waals surface area contributed by atoms with E-state index >= 15 is 0 Å². The van der Waals surface area contributed by atoms with Crippen LogP contribution >= 0.6 is 11.6 Å². The lowest BCUT2D eigenvalue weighted by Crippen LogP contribution is -1.80. The second kappa shape index (κ2) is 5.26. The first kappa shape index (κ1) is 12.6. The Bertz CT molecular complexity index is 778. The highest BCUT2D eigenvalue weighted by atomic mass is 35.5. The third-order valence-corrected chi connectivity index (χ3v) is 3.16. The van der Waals surface area contributed by atoms with Gasteiger partial charge in [-0.15, -0.1) is 0 Å². The number of fused-ring (bicyclic) bond motifs is 2. The summed E-state index contributed by atoms with van der Waals surface area (Å²) in [5, 5.41) is 15.9. The largest absolute Gasteiger partial charge is 0.276 e. The van der Waals surface area contributed by atoms with E-state index in [1.807, 2.05) is 19.1 Å². The molecule has 0 unspecified atom stereocenters. The minimum Gasteiger partial charge on any atom is -0.276 e. The molecule has 0 aliphatic rings. The summed E-state index contributed by atoms with van der Waals surface area (Å²) in [6, 6.07) is 3.79. The Morgan fingerprint density at radius 2 is 1.50 bits per heavy atom. The highest BCUT2D eigenvalue weighted by Gasteiger charge is 1.98. The average Bonchev–Trinajstić information content (AvgIpc) is 3.08. The van der Waals surface area contributed by atoms with Crippen LogP contribution < -0.4 is 0 Å². The molecule has 2 N–H and O–H groups in total. The Morgan fingerprint density at radius 3 is 2.15 bits per heavy atom. The highest BCUT2D eigenvalue weighted by molar-refractivity contribution is 6.33. The van der Waals surface area contributed by atoms with Crippen LogP contribution in [0.3, 0.4) is 0 Å². The molecule has 0 aromatic carbocycles. The summed E-state index contributed by atoms with van der Waals surface area (Å²) in [5.74, 6) is 0. The van der Waals surface area contributed by atoms with E-state index in [1.165, 1.54) is 0 Å². The Labute approximate surface area is 119 Å². The lowest BCUT2D eigenvalue weighted by molar-refractivity contribution is 1.10. The van der Waals surface area contributed by atoms with Gasteiger partial charge in [-0.05, 0) is 19.1 Å². The minimum absolute atomic E-state index is 0.468. The van der Waals surface area contributed by atoms with Crippen molar-refractivity contribution < 1.29 is 0 Å². The van der Waals surface area contributed by atoms with Crippen molar-refractivity contribution in [3.63, 3.8) is 0 Å². The second-order valence-electron chi connectivity index (χ2n) is 4.17. The van der Waals surface area contributed by atoms with E-state index in [4.69, 9.17) is 11.6 Å². The predicted octanol–water partition coefficient (Wildman–Crippen LogP) is 2.88. The third-order valence-electron chi connectivity index (χ3n) is 2.87. The van der Waals surface area contributed by atoms with Gasteiger partial charge < -0.3 is 0 Å². The first-order valence-corrected chi connectivity index (χ1v) is 6.32. The maximum absolute atomic E-state index is 5.72. The molecule has 0 saturated heterocycles. The van der Waals surface area contributed by atoms with Crippen LogP contribution in [0.2, 0.25) is 5.15 Å². The van der Waals surface area contributed by atoms with Gasteiger partial charge >= 0.3 is 0 Å². The van der Waals surface area contributed by atoms with Crippen LogP contribution in [0.4, 0.5) is 0 Å². The average molecular weight is 287 g/mol. The van der Waals surface area contributed by atoms with Crippen molar-refractivity contribution in [1.82, 2.24) is 30.4 Å². The maximum Gasteiger partial charge on any atom is 0.154 e. The fourth-order valence-corrected chi connectivity index (χ4v) is 2.05. The van der Waals surface area contributed by atoms with Crippen LogP contribution in [0, 0.1) is 6.92 Å². The number of nitrogens with zero attached hydrogens (tertiary/aromatic N) is 4. The fourth-order valence-electron chi connectivity index (χ4n) is 1.84. The predicted molar refractivity (Wildman–Crippen MR) is 77.5 cm³/mol. The van der Waals surface area contributed by atoms with Gasteiger partial charge in [-0.3, -0.25) is 15.2 Å². The monoisotopic (exact) mass is 286 g/mol. The first-order valence-electron chi connectivity index (χ1n) is 5.94. The summed E-state index contributed by atoms with van der Waals surface area (Å²) in [6.07, 6.45) is 6.94. The molecule has 0 aliphatic carbocycles. The van der Waals surface area contributed by atoms with E-state index < -0.39 is 0 Å². The van der Waals surface area contributed by atoms with Gasteiger partial charge in [0.05, 0.1) is 23.6 Å². The summed E-state index contributed by atoms with van der Waals surface area (Å²) < 4.78 is 0. The molecule has 4 heterocycles. The summed E-state index contributed by atoms with van der Waals surface area (Å²) in [5.41, 5.74) is 2.82. The van der Waals surface area contributed by atoms with Crippen molar-refractivity contribution >= 4 is 33.4 Å². The Balaban J connectivity index is 0.000000121. The summed E-state index contributed by atoms with van der Waals surface area (Å²) in [7, 11) is 0. The van der Waals surface area contributed by atoms with Crippen molar-refractivity contribution in [2.45, 2.75) is 6.92 Å². The van der Waals surface area contributed by atoms with E-state index in [0.717, 1.165) is 27.5 Å². The minimum atomic E-state index is 0.468. The molecule has 0 saturated carbocycles. The van der Waals surface area contributed by atoms with Gasteiger partial charge in [0.15, 0.2) is 5.15 Å². The molecule has 0 amide bonds. The molecule has 20 heavy (non-hydrogen) atoms. The van der Waals surface area contributed by atoms with Crippen molar-refractivity contribution in [2.75, 3.05) is 0 Å². The molecule has 4 aromatic heterocycles. The van der Waals surface area contributed by atoms with E-state index in [9.17, 15) is 0 Å². The van der Waals surface area contributed by atoms with Gasteiger partial charge in [0.25, 0.3) is 0 Å². The number of hydrogen-bond donors (Lipinski definition) is 2. The van der Waals surface area contributed by atoms with Gasteiger partial charge in [0.1, 0.15) is 5.52 Å². The molecule has 7 heteroatoms. The molecule has 0 spiro atoms. The van der Waals surface area contributed by atoms with Crippen LogP contribution in [-0.2, 0) is 0 Å². The molecule has 0 radical (unpaired) electrons. The van der Waals surface area contributed by atoms with Crippen molar-refractivity contribution in [2.24, 2.45) is 0 Å². The molecule has 6 nitrogen and oxygen atoms in total. The van der Waals surface area contributed by atoms with Crippen molar-refractivity contribution in [3.05, 3.63) is 47.8 Å². The number of aromatic nitrogens is 6. The Morgan fingerprint density at radius 1 is 0.900 bits per heavy atom. The van der Waals surface area contributed by atoms with Crippen molar-refractivity contribution in [1.29, 1.82) is 0 Å². The standard InChI is InChI=1S/C7H7N3.C6H4ClN3/c1-5-7-6(2-3-8-5)4-9-10-7;7-6-5-4(1-2-8-6)3-9-10-5/h2-4H,1H3,(H,9,10);1-3H,(H,9,10). The van der Waals surface area contributed by atoms with E-state index in [1.54, 1.807) is 24.8 Å². The van der Waals surface area contributed by atoms with E-state index in [-0.39, 0.29) is 0 Å².